The molecule has 10 heteroatoms. The summed E-state index contributed by atoms with van der Waals surface area (Å²) in [6, 6.07) is 5.46. The first-order valence-corrected chi connectivity index (χ1v) is 5.61. The molecular formula is C12H6F9N. The van der Waals surface area contributed by atoms with Gasteiger partial charge in [-0.15, -0.1) is 0 Å². The van der Waals surface area contributed by atoms with Crippen molar-refractivity contribution in [2.24, 2.45) is 0 Å². The summed E-state index contributed by atoms with van der Waals surface area (Å²) >= 11 is 0. The number of benzene rings is 1. The molecule has 0 aliphatic heterocycles. The van der Waals surface area contributed by atoms with E-state index >= 15 is 0 Å². The summed E-state index contributed by atoms with van der Waals surface area (Å²) in [4.78, 5) is 1.73. The number of nitrogens with one attached hydrogen (secondary N) is 1. The van der Waals surface area contributed by atoms with E-state index < -0.39 is 29.6 Å². The molecule has 0 atom stereocenters. The molecule has 0 amide bonds. The van der Waals surface area contributed by atoms with Crippen LogP contribution in [0.5, 0.6) is 0 Å². The van der Waals surface area contributed by atoms with Gasteiger partial charge in [-0.05, 0) is 17.5 Å². The molecule has 0 saturated carbocycles. The number of para-hydroxylation sites is 1. The van der Waals surface area contributed by atoms with Gasteiger partial charge in [0, 0.05) is 5.52 Å². The Labute approximate surface area is 116 Å². The van der Waals surface area contributed by atoms with E-state index in [0.717, 1.165) is 0 Å². The van der Waals surface area contributed by atoms with Crippen molar-refractivity contribution in [1.82, 2.24) is 4.98 Å². The summed E-state index contributed by atoms with van der Waals surface area (Å²) in [5.74, 6) is -19.3. The number of aromatic amines is 1. The van der Waals surface area contributed by atoms with Crippen molar-refractivity contribution >= 4 is 10.9 Å². The van der Waals surface area contributed by atoms with Gasteiger partial charge >= 0.3 is 23.9 Å². The number of halogens is 9. The highest BCUT2D eigenvalue weighted by Gasteiger charge is 2.82. The fourth-order valence-corrected chi connectivity index (χ4v) is 1.79. The van der Waals surface area contributed by atoms with Crippen LogP contribution in [-0.4, -0.2) is 23.0 Å². The molecule has 0 spiro atoms. The second kappa shape index (κ2) is 4.56. The number of hydrogen-bond donors (Lipinski definition) is 1. The first-order valence-electron chi connectivity index (χ1n) is 5.61. The normalized spacial score (nSPS) is 14.6. The maximum absolute atomic E-state index is 13.6. The second-order valence-corrected chi connectivity index (χ2v) is 4.49. The summed E-state index contributed by atoms with van der Waals surface area (Å²) in [6.07, 6.45) is -6.83. The lowest BCUT2D eigenvalue weighted by Crippen LogP contribution is -2.59. The lowest BCUT2D eigenvalue weighted by Gasteiger charge is -2.33. The molecule has 22 heavy (non-hydrogen) atoms. The molecule has 122 valence electrons. The van der Waals surface area contributed by atoms with Gasteiger partial charge in [0.15, 0.2) is 0 Å². The zero-order valence-electron chi connectivity index (χ0n) is 10.3. The Kier molecular flexibility index (Phi) is 3.42. The quantitative estimate of drug-likeness (QED) is 0.752. The minimum Gasteiger partial charge on any atom is -0.353 e. The van der Waals surface area contributed by atoms with Crippen LogP contribution in [0.4, 0.5) is 39.5 Å². The molecule has 1 nitrogen and oxygen atoms in total. The van der Waals surface area contributed by atoms with Crippen molar-refractivity contribution in [3.05, 3.63) is 36.0 Å². The van der Waals surface area contributed by atoms with Crippen LogP contribution in [0.2, 0.25) is 0 Å². The molecule has 1 heterocycles. The monoisotopic (exact) mass is 335 g/mol. The van der Waals surface area contributed by atoms with E-state index in [1.165, 1.54) is 24.3 Å². The number of aromatic nitrogens is 1. The van der Waals surface area contributed by atoms with E-state index in [4.69, 9.17) is 0 Å². The Morgan fingerprint density at radius 1 is 0.727 bits per heavy atom. The highest BCUT2D eigenvalue weighted by Crippen LogP contribution is 2.56. The largest absolute Gasteiger partial charge is 0.460 e. The van der Waals surface area contributed by atoms with Crippen molar-refractivity contribution in [1.29, 1.82) is 0 Å². The van der Waals surface area contributed by atoms with Crippen molar-refractivity contribution in [3.63, 3.8) is 0 Å². The van der Waals surface area contributed by atoms with Crippen molar-refractivity contribution in [3.8, 4) is 0 Å². The number of fused-ring (bicyclic) bond motifs is 1. The van der Waals surface area contributed by atoms with Crippen LogP contribution in [-0.2, 0) is 5.92 Å². The van der Waals surface area contributed by atoms with Crippen LogP contribution < -0.4 is 0 Å². The summed E-state index contributed by atoms with van der Waals surface area (Å²) in [5, 5.41) is -0.0386. The number of H-pyrrole nitrogens is 1. The Morgan fingerprint density at radius 2 is 1.27 bits per heavy atom. The van der Waals surface area contributed by atoms with Gasteiger partial charge in [0.25, 0.3) is 0 Å². The molecule has 0 saturated heterocycles. The first kappa shape index (κ1) is 16.5. The highest BCUT2D eigenvalue weighted by atomic mass is 19.4. The molecule has 2 rings (SSSR count). The average Bonchev–Trinajstić information content (AvgIpc) is 2.81. The van der Waals surface area contributed by atoms with Crippen molar-refractivity contribution in [2.75, 3.05) is 0 Å². The predicted octanol–water partition coefficient (Wildman–Crippen LogP) is 5.09. The zero-order chi connectivity index (χ0) is 17.0. The standard InChI is InChI=1S/C12H6F9N/c13-9(14,10(15,16)11(17,18)12(19,20)21)8-5-6-3-1-2-4-7(6)22-8/h1-5,22H. The van der Waals surface area contributed by atoms with Gasteiger partial charge < -0.3 is 4.98 Å². The van der Waals surface area contributed by atoms with Crippen LogP contribution in [0.25, 0.3) is 10.9 Å². The van der Waals surface area contributed by atoms with Gasteiger partial charge in [0.2, 0.25) is 0 Å². The summed E-state index contributed by atoms with van der Waals surface area (Å²) < 4.78 is 115. The van der Waals surface area contributed by atoms with Gasteiger partial charge in [-0.1, -0.05) is 18.2 Å². The third kappa shape index (κ3) is 2.12. The molecule has 0 aliphatic rings. The van der Waals surface area contributed by atoms with Crippen LogP contribution in [0, 0.1) is 0 Å². The summed E-state index contributed by atoms with van der Waals surface area (Å²) in [5.41, 5.74) is -1.84. The maximum Gasteiger partial charge on any atom is 0.460 e. The van der Waals surface area contributed by atoms with Crippen LogP contribution in [0.3, 0.4) is 0 Å². The Balaban J connectivity index is 2.57. The average molecular weight is 335 g/mol. The minimum absolute atomic E-state index is 0.0386. The Hall–Kier alpha value is -1.87. The molecule has 0 bridgehead atoms. The molecule has 1 N–H and O–H groups in total. The van der Waals surface area contributed by atoms with Gasteiger partial charge in [-0.2, -0.15) is 39.5 Å². The van der Waals surface area contributed by atoms with Crippen molar-refractivity contribution < 1.29 is 39.5 Å². The second-order valence-electron chi connectivity index (χ2n) is 4.49. The van der Waals surface area contributed by atoms with Crippen LogP contribution >= 0.6 is 0 Å². The summed E-state index contributed by atoms with van der Waals surface area (Å²) in [7, 11) is 0. The number of alkyl halides is 9. The fourth-order valence-electron chi connectivity index (χ4n) is 1.79. The zero-order valence-corrected chi connectivity index (χ0v) is 10.3. The van der Waals surface area contributed by atoms with Gasteiger partial charge in [-0.25, -0.2) is 0 Å². The van der Waals surface area contributed by atoms with E-state index in [-0.39, 0.29) is 10.9 Å². The van der Waals surface area contributed by atoms with E-state index in [1.54, 1.807) is 4.98 Å². The van der Waals surface area contributed by atoms with Crippen molar-refractivity contribution in [2.45, 2.75) is 23.9 Å². The van der Waals surface area contributed by atoms with Crippen LogP contribution in [0.15, 0.2) is 30.3 Å². The van der Waals surface area contributed by atoms with E-state index in [2.05, 4.69) is 0 Å². The van der Waals surface area contributed by atoms with Gasteiger partial charge in [0.05, 0.1) is 5.69 Å². The molecule has 1 aromatic carbocycles. The molecule has 0 unspecified atom stereocenters. The number of hydrogen-bond acceptors (Lipinski definition) is 0. The molecule has 2 aromatic rings. The molecule has 0 fully saturated rings. The van der Waals surface area contributed by atoms with Crippen LogP contribution in [0.1, 0.15) is 5.69 Å². The van der Waals surface area contributed by atoms with E-state index in [1.807, 2.05) is 0 Å². The number of rotatable bonds is 3. The molecular weight excluding hydrogens is 329 g/mol. The van der Waals surface area contributed by atoms with Gasteiger partial charge in [0.1, 0.15) is 0 Å². The lowest BCUT2D eigenvalue weighted by molar-refractivity contribution is -0.400. The molecule has 1 aromatic heterocycles. The predicted molar refractivity (Wildman–Crippen MR) is 58.1 cm³/mol. The highest BCUT2D eigenvalue weighted by molar-refractivity contribution is 5.80. The molecule has 0 radical (unpaired) electrons. The minimum atomic E-state index is -6.90. The molecule has 0 aliphatic carbocycles. The van der Waals surface area contributed by atoms with Gasteiger partial charge in [-0.3, -0.25) is 0 Å². The smallest absolute Gasteiger partial charge is 0.353 e. The van der Waals surface area contributed by atoms with E-state index in [9.17, 15) is 39.5 Å². The Bertz CT molecular complexity index is 650. The fraction of sp³-hybridized carbons (Fsp3) is 0.333. The Morgan fingerprint density at radius 3 is 1.77 bits per heavy atom. The first-order chi connectivity index (χ1) is 9.82. The third-order valence-electron chi connectivity index (χ3n) is 3.01. The third-order valence-corrected chi connectivity index (χ3v) is 3.01. The topological polar surface area (TPSA) is 15.8 Å². The lowest BCUT2D eigenvalue weighted by atomic mass is 10.0. The van der Waals surface area contributed by atoms with E-state index in [0.29, 0.717) is 6.07 Å². The SMILES string of the molecule is FC(F)(F)C(F)(F)C(F)(F)C(F)(F)c1cc2ccccc2[nH]1. The summed E-state index contributed by atoms with van der Waals surface area (Å²) in [6.45, 7) is 0. The maximum atomic E-state index is 13.6.